The van der Waals surface area contributed by atoms with Gasteiger partial charge in [0.15, 0.2) is 5.82 Å². The second-order valence-corrected chi connectivity index (χ2v) is 8.44. The Hall–Kier alpha value is -2.70. The molecule has 1 aromatic heterocycles. The van der Waals surface area contributed by atoms with Crippen LogP contribution < -0.4 is 0 Å². The van der Waals surface area contributed by atoms with Gasteiger partial charge in [-0.15, -0.1) is 0 Å². The first-order valence-corrected chi connectivity index (χ1v) is 11.1. The molecule has 1 unspecified atom stereocenters. The first-order valence-electron chi connectivity index (χ1n) is 11.1. The van der Waals surface area contributed by atoms with E-state index in [1.807, 2.05) is 35.2 Å². The highest BCUT2D eigenvalue weighted by Crippen LogP contribution is 2.30. The minimum atomic E-state index is -0.433. The van der Waals surface area contributed by atoms with E-state index in [2.05, 4.69) is 10.1 Å². The van der Waals surface area contributed by atoms with Crippen LogP contribution in [0, 0.1) is 12.8 Å². The number of carbonyl (C=O) groups excluding carboxylic acids is 2. The molecule has 30 heavy (non-hydrogen) atoms. The lowest BCUT2D eigenvalue weighted by molar-refractivity contribution is -0.131. The van der Waals surface area contributed by atoms with Crippen LogP contribution in [0.1, 0.15) is 73.1 Å². The third kappa shape index (κ3) is 4.71. The lowest BCUT2D eigenvalue weighted by Gasteiger charge is -2.29. The van der Waals surface area contributed by atoms with Crippen LogP contribution in [0.2, 0.25) is 0 Å². The zero-order valence-electron chi connectivity index (χ0n) is 17.6. The normalized spacial score (nSPS) is 20.4. The van der Waals surface area contributed by atoms with Gasteiger partial charge in [-0.3, -0.25) is 9.59 Å². The van der Waals surface area contributed by atoms with Gasteiger partial charge in [0.2, 0.25) is 5.91 Å². The standard InChI is InChI=1S/C23H30N4O3/c1-17-24-22(30-25-17)20-16-26(21(28)13-12-18-8-5-6-9-18)14-7-15-27(20)23(29)19-10-3-2-4-11-19/h2-4,10-11,18,20H,5-9,12-16H2,1H3. The molecule has 7 nitrogen and oxygen atoms in total. The van der Waals surface area contributed by atoms with E-state index < -0.39 is 6.04 Å². The molecule has 7 heteroatoms. The van der Waals surface area contributed by atoms with Crippen LogP contribution in [0.25, 0.3) is 0 Å². The van der Waals surface area contributed by atoms with E-state index in [4.69, 9.17) is 4.52 Å². The van der Waals surface area contributed by atoms with Gasteiger partial charge < -0.3 is 14.3 Å². The largest absolute Gasteiger partial charge is 0.340 e. The number of carbonyl (C=O) groups is 2. The Morgan fingerprint density at radius 1 is 1.10 bits per heavy atom. The van der Waals surface area contributed by atoms with Crippen molar-refractivity contribution in [2.75, 3.05) is 19.6 Å². The molecule has 4 rings (SSSR count). The predicted molar refractivity (Wildman–Crippen MR) is 112 cm³/mol. The molecule has 2 heterocycles. The van der Waals surface area contributed by atoms with Gasteiger partial charge >= 0.3 is 0 Å². The van der Waals surface area contributed by atoms with Gasteiger partial charge in [-0.05, 0) is 37.8 Å². The van der Waals surface area contributed by atoms with E-state index >= 15 is 0 Å². The maximum Gasteiger partial charge on any atom is 0.254 e. The lowest BCUT2D eigenvalue weighted by Crippen LogP contribution is -2.40. The van der Waals surface area contributed by atoms with Gasteiger partial charge in [-0.25, -0.2) is 0 Å². The number of nitrogens with zero attached hydrogens (tertiary/aromatic N) is 4. The summed E-state index contributed by atoms with van der Waals surface area (Å²) in [4.78, 5) is 34.3. The number of aryl methyl sites for hydroxylation is 1. The molecule has 0 radical (unpaired) electrons. The van der Waals surface area contributed by atoms with E-state index in [9.17, 15) is 9.59 Å². The Labute approximate surface area is 177 Å². The van der Waals surface area contributed by atoms with Crippen LogP contribution in [0.3, 0.4) is 0 Å². The Balaban J connectivity index is 1.52. The summed E-state index contributed by atoms with van der Waals surface area (Å²) < 4.78 is 5.45. The zero-order valence-corrected chi connectivity index (χ0v) is 17.6. The fourth-order valence-corrected chi connectivity index (χ4v) is 4.65. The van der Waals surface area contributed by atoms with Crippen molar-refractivity contribution >= 4 is 11.8 Å². The summed E-state index contributed by atoms with van der Waals surface area (Å²) in [7, 11) is 0. The van der Waals surface area contributed by atoms with Crippen LogP contribution >= 0.6 is 0 Å². The summed E-state index contributed by atoms with van der Waals surface area (Å²) in [6.45, 7) is 3.35. The SMILES string of the molecule is Cc1noc(C2CN(C(=O)CCC3CCCC3)CCCN2C(=O)c2ccccc2)n1. The van der Waals surface area contributed by atoms with Crippen molar-refractivity contribution < 1.29 is 14.1 Å². The predicted octanol–water partition coefficient (Wildman–Crippen LogP) is 3.76. The molecular formula is C23H30N4O3. The number of benzene rings is 1. The Kier molecular flexibility index (Phi) is 6.45. The summed E-state index contributed by atoms with van der Waals surface area (Å²) >= 11 is 0. The molecule has 0 N–H and O–H groups in total. The molecular weight excluding hydrogens is 380 g/mol. The topological polar surface area (TPSA) is 79.5 Å². The minimum absolute atomic E-state index is 0.0725. The molecule has 2 aromatic rings. The molecule has 1 aliphatic heterocycles. The van der Waals surface area contributed by atoms with E-state index in [1.165, 1.54) is 25.7 Å². The highest BCUT2D eigenvalue weighted by atomic mass is 16.5. The highest BCUT2D eigenvalue weighted by Gasteiger charge is 2.35. The van der Waals surface area contributed by atoms with Crippen LogP contribution in [0.4, 0.5) is 0 Å². The third-order valence-corrected chi connectivity index (χ3v) is 6.30. The number of amides is 2. The molecule has 0 spiro atoms. The Morgan fingerprint density at radius 3 is 2.57 bits per heavy atom. The summed E-state index contributed by atoms with van der Waals surface area (Å²) in [6.07, 6.45) is 7.35. The van der Waals surface area contributed by atoms with Crippen molar-refractivity contribution in [1.82, 2.24) is 19.9 Å². The van der Waals surface area contributed by atoms with Crippen molar-refractivity contribution in [2.45, 2.75) is 57.9 Å². The van der Waals surface area contributed by atoms with E-state index in [1.54, 1.807) is 11.8 Å². The molecule has 2 aliphatic rings. The average molecular weight is 411 g/mol. The monoisotopic (exact) mass is 410 g/mol. The summed E-state index contributed by atoms with van der Waals surface area (Å²) in [6, 6.07) is 8.80. The van der Waals surface area contributed by atoms with Crippen LogP contribution in [-0.4, -0.2) is 51.4 Å². The van der Waals surface area contributed by atoms with Crippen LogP contribution in [-0.2, 0) is 4.79 Å². The first kappa shape index (κ1) is 20.6. The lowest BCUT2D eigenvalue weighted by atomic mass is 10.0. The number of hydrogen-bond donors (Lipinski definition) is 0. The summed E-state index contributed by atoms with van der Waals surface area (Å²) in [5.41, 5.74) is 0.625. The molecule has 1 saturated heterocycles. The molecule has 1 aliphatic carbocycles. The number of aromatic nitrogens is 2. The van der Waals surface area contributed by atoms with Crippen molar-refractivity contribution in [2.24, 2.45) is 5.92 Å². The summed E-state index contributed by atoms with van der Waals surface area (Å²) in [5.74, 6) is 1.70. The molecule has 2 fully saturated rings. The van der Waals surface area contributed by atoms with Crippen molar-refractivity contribution in [1.29, 1.82) is 0 Å². The molecule has 2 amide bonds. The second-order valence-electron chi connectivity index (χ2n) is 8.44. The maximum atomic E-state index is 13.3. The maximum absolute atomic E-state index is 13.3. The van der Waals surface area contributed by atoms with Crippen LogP contribution in [0.5, 0.6) is 0 Å². The zero-order chi connectivity index (χ0) is 20.9. The first-order chi connectivity index (χ1) is 14.6. The molecule has 1 saturated carbocycles. The van der Waals surface area contributed by atoms with E-state index in [0.29, 0.717) is 49.3 Å². The number of hydrogen-bond acceptors (Lipinski definition) is 5. The van der Waals surface area contributed by atoms with Crippen molar-refractivity contribution in [3.8, 4) is 0 Å². The van der Waals surface area contributed by atoms with Gasteiger partial charge in [0, 0.05) is 25.1 Å². The number of rotatable bonds is 5. The van der Waals surface area contributed by atoms with Gasteiger partial charge in [0.1, 0.15) is 6.04 Å². The van der Waals surface area contributed by atoms with Gasteiger partial charge in [0.25, 0.3) is 11.8 Å². The minimum Gasteiger partial charge on any atom is -0.340 e. The van der Waals surface area contributed by atoms with E-state index in [-0.39, 0.29) is 11.8 Å². The van der Waals surface area contributed by atoms with Crippen LogP contribution in [0.15, 0.2) is 34.9 Å². The smallest absolute Gasteiger partial charge is 0.254 e. The molecule has 1 atom stereocenters. The second kappa shape index (κ2) is 9.41. The quantitative estimate of drug-likeness (QED) is 0.750. The molecule has 160 valence electrons. The fraction of sp³-hybridized carbons (Fsp3) is 0.565. The van der Waals surface area contributed by atoms with Gasteiger partial charge in [-0.1, -0.05) is 49.0 Å². The van der Waals surface area contributed by atoms with Crippen molar-refractivity contribution in [3.05, 3.63) is 47.6 Å². The van der Waals surface area contributed by atoms with Gasteiger partial charge in [0.05, 0.1) is 6.54 Å². The Bertz CT molecular complexity index is 860. The third-order valence-electron chi connectivity index (χ3n) is 6.30. The average Bonchev–Trinajstić information content (AvgIpc) is 3.39. The Morgan fingerprint density at radius 2 is 1.87 bits per heavy atom. The highest BCUT2D eigenvalue weighted by molar-refractivity contribution is 5.94. The van der Waals surface area contributed by atoms with E-state index in [0.717, 1.165) is 12.8 Å². The summed E-state index contributed by atoms with van der Waals surface area (Å²) in [5, 5.41) is 3.92. The molecule has 0 bridgehead atoms. The van der Waals surface area contributed by atoms with Gasteiger partial charge in [-0.2, -0.15) is 4.98 Å². The van der Waals surface area contributed by atoms with Crippen molar-refractivity contribution in [3.63, 3.8) is 0 Å². The fourth-order valence-electron chi connectivity index (χ4n) is 4.65. The molecule has 1 aromatic carbocycles.